The summed E-state index contributed by atoms with van der Waals surface area (Å²) in [5.41, 5.74) is 5.13. The van der Waals surface area contributed by atoms with Gasteiger partial charge in [-0.1, -0.05) is 159 Å². The van der Waals surface area contributed by atoms with E-state index in [1.807, 2.05) is 0 Å². The molecule has 0 spiro atoms. The van der Waals surface area contributed by atoms with Crippen LogP contribution in [-0.2, 0) is 0 Å². The molecule has 0 bridgehead atoms. The van der Waals surface area contributed by atoms with Gasteiger partial charge in [0.2, 0.25) is 0 Å². The Labute approximate surface area is 274 Å². The summed E-state index contributed by atoms with van der Waals surface area (Å²) in [7, 11) is -0.685. The highest BCUT2D eigenvalue weighted by Crippen LogP contribution is 2.57. The fourth-order valence-corrected chi connectivity index (χ4v) is 10.4. The first-order valence-electron chi connectivity index (χ1n) is 16.3. The van der Waals surface area contributed by atoms with Gasteiger partial charge in [-0.15, -0.1) is 0 Å². The molecule has 0 amide bonds. The normalized spacial score (nSPS) is 12.2. The van der Waals surface area contributed by atoms with Crippen LogP contribution in [0.2, 0.25) is 0 Å². The molecule has 1 heteroatoms. The molecule has 0 radical (unpaired) electrons. The summed E-state index contributed by atoms with van der Waals surface area (Å²) in [6.07, 6.45) is 0. The summed E-state index contributed by atoms with van der Waals surface area (Å²) in [5.74, 6) is 0. The van der Waals surface area contributed by atoms with E-state index < -0.39 is 7.53 Å². The molecule has 1 heterocycles. The van der Waals surface area contributed by atoms with Gasteiger partial charge in [-0.3, -0.25) is 0 Å². The second kappa shape index (κ2) is 10.4. The maximum absolute atomic E-state index is 2.56. The summed E-state index contributed by atoms with van der Waals surface area (Å²) in [6.45, 7) is 0. The number of hydrogen-bond donors (Lipinski definition) is 0. The van der Waals surface area contributed by atoms with E-state index in [4.69, 9.17) is 0 Å². The van der Waals surface area contributed by atoms with Crippen molar-refractivity contribution < 1.29 is 0 Å². The van der Waals surface area contributed by atoms with Gasteiger partial charge in [0, 0.05) is 10.2 Å². The molecule has 10 rings (SSSR count). The van der Waals surface area contributed by atoms with Crippen molar-refractivity contribution >= 4 is 71.6 Å². The van der Waals surface area contributed by atoms with Gasteiger partial charge in [0.05, 0.1) is 0 Å². The lowest BCUT2D eigenvalue weighted by Crippen LogP contribution is -1.91. The average Bonchev–Trinajstić information content (AvgIpc) is 3.46. The molecule has 10 aromatic rings. The molecule has 1 aromatic heterocycles. The topological polar surface area (TPSA) is 0 Å². The third-order valence-corrected chi connectivity index (χ3v) is 12.4. The number of fused-ring (bicyclic) bond motifs is 7. The third kappa shape index (κ3) is 4.09. The van der Waals surface area contributed by atoms with Gasteiger partial charge in [0.25, 0.3) is 0 Å². The molecule has 9 aromatic carbocycles. The number of hydrogen-bond acceptors (Lipinski definition) is 0. The van der Waals surface area contributed by atoms with Crippen LogP contribution in [0.15, 0.2) is 176 Å². The van der Waals surface area contributed by atoms with Crippen LogP contribution < -0.4 is 0 Å². The van der Waals surface area contributed by atoms with Crippen LogP contribution in [0.3, 0.4) is 0 Å². The lowest BCUT2D eigenvalue weighted by atomic mass is 9.84. The van der Waals surface area contributed by atoms with Gasteiger partial charge in [0.1, 0.15) is 0 Å². The molecule has 0 saturated carbocycles. The van der Waals surface area contributed by atoms with E-state index in [1.54, 1.807) is 0 Å². The quantitative estimate of drug-likeness (QED) is 0.174. The Morgan fingerprint density at radius 2 is 0.766 bits per heavy atom. The summed E-state index contributed by atoms with van der Waals surface area (Å²) >= 11 is 0. The molecule has 0 aliphatic heterocycles. The van der Waals surface area contributed by atoms with Crippen LogP contribution in [0.5, 0.6) is 0 Å². The standard InChI is InChI=1S/C46H29P/c1-2-16-36(17-3-1)47-43-21-11-10-18-37(43)40-28-41-42(29-44(40)47)46(35-25-23-31-13-5-7-15-33(31)27-35)39-20-9-8-19-38(39)45(41)34-24-22-30-12-4-6-14-32(30)26-34/h1-29H. The Hall–Kier alpha value is -5.68. The van der Waals surface area contributed by atoms with Crippen molar-refractivity contribution in [3.63, 3.8) is 0 Å². The average molecular weight is 613 g/mol. The Morgan fingerprint density at radius 3 is 1.38 bits per heavy atom. The smallest absolute Gasteiger partial charge is 0.00749 e. The fourth-order valence-electron chi connectivity index (χ4n) is 7.81. The van der Waals surface area contributed by atoms with Gasteiger partial charge < -0.3 is 0 Å². The molecule has 0 aliphatic rings. The van der Waals surface area contributed by atoms with Crippen molar-refractivity contribution in [1.29, 1.82) is 0 Å². The van der Waals surface area contributed by atoms with Crippen LogP contribution in [0.1, 0.15) is 0 Å². The minimum Gasteiger partial charge on any atom is -0.0772 e. The minimum atomic E-state index is -0.685. The molecule has 0 nitrogen and oxygen atoms in total. The van der Waals surface area contributed by atoms with Gasteiger partial charge >= 0.3 is 0 Å². The molecule has 1 atom stereocenters. The van der Waals surface area contributed by atoms with Crippen LogP contribution in [0, 0.1) is 0 Å². The Kier molecular flexibility index (Phi) is 5.89. The first kappa shape index (κ1) is 26.5. The Balaban J connectivity index is 1.42. The van der Waals surface area contributed by atoms with Crippen LogP contribution in [-0.4, -0.2) is 0 Å². The van der Waals surface area contributed by atoms with Crippen molar-refractivity contribution in [3.05, 3.63) is 176 Å². The van der Waals surface area contributed by atoms with Gasteiger partial charge in [-0.2, -0.15) is 0 Å². The predicted molar refractivity (Wildman–Crippen MR) is 206 cm³/mol. The van der Waals surface area contributed by atoms with Crippen molar-refractivity contribution in [2.75, 3.05) is 0 Å². The van der Waals surface area contributed by atoms with Crippen LogP contribution in [0.4, 0.5) is 0 Å². The molecule has 0 fully saturated rings. The highest BCUT2D eigenvalue weighted by molar-refractivity contribution is 7.67. The largest absolute Gasteiger partial charge is 0.0772 e. The van der Waals surface area contributed by atoms with E-state index in [9.17, 15) is 0 Å². The lowest BCUT2D eigenvalue weighted by Gasteiger charge is -2.19. The van der Waals surface area contributed by atoms with E-state index in [1.165, 1.54) is 91.7 Å². The molecular weight excluding hydrogens is 583 g/mol. The molecule has 218 valence electrons. The van der Waals surface area contributed by atoms with Crippen molar-refractivity contribution in [2.45, 2.75) is 0 Å². The SMILES string of the molecule is c1ccc(-p2c3ccccc3c3cc4c(-c5ccc6ccccc6c5)c5ccccc5c(-c5ccc6ccccc6c5)c4cc32)cc1. The summed E-state index contributed by atoms with van der Waals surface area (Å²) in [6, 6.07) is 65.7. The van der Waals surface area contributed by atoms with E-state index in [0.29, 0.717) is 0 Å². The molecule has 0 aliphatic carbocycles. The number of benzene rings is 9. The summed E-state index contributed by atoms with van der Waals surface area (Å²) < 4.78 is 0. The highest BCUT2D eigenvalue weighted by Gasteiger charge is 2.21. The van der Waals surface area contributed by atoms with Gasteiger partial charge in [-0.25, -0.2) is 0 Å². The highest BCUT2D eigenvalue weighted by atomic mass is 31.1. The lowest BCUT2D eigenvalue weighted by molar-refractivity contribution is 1.69. The molecular formula is C46H29P. The second-order valence-corrected chi connectivity index (χ2v) is 14.7. The molecule has 47 heavy (non-hydrogen) atoms. The van der Waals surface area contributed by atoms with Crippen LogP contribution in [0.25, 0.3) is 91.7 Å². The van der Waals surface area contributed by atoms with Gasteiger partial charge in [0.15, 0.2) is 0 Å². The Bertz CT molecular complexity index is 2840. The maximum Gasteiger partial charge on any atom is 0.00749 e. The van der Waals surface area contributed by atoms with Gasteiger partial charge in [-0.05, 0) is 106 Å². The second-order valence-electron chi connectivity index (χ2n) is 12.5. The zero-order chi connectivity index (χ0) is 30.9. The maximum atomic E-state index is 2.56. The number of rotatable bonds is 3. The molecule has 1 unspecified atom stereocenters. The fraction of sp³-hybridized carbons (Fsp3) is 0. The summed E-state index contributed by atoms with van der Waals surface area (Å²) in [5, 5.41) is 17.3. The van der Waals surface area contributed by atoms with Crippen LogP contribution >= 0.6 is 7.53 Å². The zero-order valence-electron chi connectivity index (χ0n) is 25.7. The van der Waals surface area contributed by atoms with Crippen molar-refractivity contribution in [1.82, 2.24) is 0 Å². The molecule has 0 N–H and O–H groups in total. The zero-order valence-corrected chi connectivity index (χ0v) is 26.6. The molecule has 0 saturated heterocycles. The van der Waals surface area contributed by atoms with E-state index in [2.05, 4.69) is 176 Å². The first-order chi connectivity index (χ1) is 23.3. The summed E-state index contributed by atoms with van der Waals surface area (Å²) in [4.78, 5) is 0. The third-order valence-electron chi connectivity index (χ3n) is 9.91. The van der Waals surface area contributed by atoms with E-state index in [-0.39, 0.29) is 0 Å². The Morgan fingerprint density at radius 1 is 0.277 bits per heavy atom. The minimum absolute atomic E-state index is 0.685. The van der Waals surface area contributed by atoms with E-state index in [0.717, 1.165) is 0 Å². The van der Waals surface area contributed by atoms with Crippen molar-refractivity contribution in [2.24, 2.45) is 0 Å². The van der Waals surface area contributed by atoms with E-state index >= 15 is 0 Å². The predicted octanol–water partition coefficient (Wildman–Crippen LogP) is 13.9. The monoisotopic (exact) mass is 612 g/mol. The van der Waals surface area contributed by atoms with Crippen molar-refractivity contribution in [3.8, 4) is 27.6 Å². The first-order valence-corrected chi connectivity index (χ1v) is 17.6.